The molecule has 0 saturated carbocycles. The second-order valence-corrected chi connectivity index (χ2v) is 4.53. The topological polar surface area (TPSA) is 38.1 Å². The van der Waals surface area contributed by atoms with Gasteiger partial charge in [-0.3, -0.25) is 0 Å². The van der Waals surface area contributed by atoms with Gasteiger partial charge in [0.1, 0.15) is 5.76 Å². The molecule has 1 N–H and O–H groups in total. The third-order valence-electron chi connectivity index (χ3n) is 2.12. The van der Waals surface area contributed by atoms with E-state index >= 15 is 0 Å². The Hall–Kier alpha value is -1.04. The van der Waals surface area contributed by atoms with Crippen LogP contribution in [0.5, 0.6) is 0 Å². The first kappa shape index (κ1) is 10.5. The van der Waals surface area contributed by atoms with Gasteiger partial charge >= 0.3 is 0 Å². The second kappa shape index (κ2) is 4.65. The smallest absolute Gasteiger partial charge is 0.180 e. The van der Waals surface area contributed by atoms with Crippen molar-refractivity contribution in [3.05, 3.63) is 45.7 Å². The summed E-state index contributed by atoms with van der Waals surface area (Å²) >= 11 is 2.30. The van der Waals surface area contributed by atoms with Crippen LogP contribution in [0.25, 0.3) is 0 Å². The third kappa shape index (κ3) is 2.71. The summed E-state index contributed by atoms with van der Waals surface area (Å²) in [5.41, 5.74) is 2.37. The lowest BCUT2D eigenvalue weighted by atomic mass is 10.2. The van der Waals surface area contributed by atoms with Gasteiger partial charge in [0.05, 0.1) is 12.7 Å². The molecular weight excluding hydrogens is 303 g/mol. The Morgan fingerprint density at radius 3 is 3.00 bits per heavy atom. The van der Waals surface area contributed by atoms with E-state index in [2.05, 4.69) is 58.0 Å². The third-order valence-corrected chi connectivity index (χ3v) is 2.80. The van der Waals surface area contributed by atoms with Gasteiger partial charge in [-0.15, -0.1) is 0 Å². The molecule has 3 nitrogen and oxygen atoms in total. The molecule has 0 saturated heterocycles. The van der Waals surface area contributed by atoms with Crippen LogP contribution in [-0.2, 0) is 6.54 Å². The highest BCUT2D eigenvalue weighted by molar-refractivity contribution is 14.1. The fraction of sp³-hybridized carbons (Fsp3) is 0.182. The van der Waals surface area contributed by atoms with Crippen LogP contribution in [0.1, 0.15) is 11.3 Å². The molecule has 0 unspecified atom stereocenters. The fourth-order valence-corrected chi connectivity index (χ4v) is 1.98. The minimum atomic E-state index is 0.668. The van der Waals surface area contributed by atoms with Crippen molar-refractivity contribution in [2.24, 2.45) is 0 Å². The van der Waals surface area contributed by atoms with Crippen molar-refractivity contribution < 1.29 is 4.42 Å². The van der Waals surface area contributed by atoms with Crippen LogP contribution in [0.4, 0.5) is 5.69 Å². The lowest BCUT2D eigenvalue weighted by molar-refractivity contribution is 0.511. The van der Waals surface area contributed by atoms with E-state index in [1.807, 2.05) is 0 Å². The molecule has 2 aromatic rings. The molecular formula is C11H11IN2O. The first-order valence-corrected chi connectivity index (χ1v) is 5.71. The van der Waals surface area contributed by atoms with Crippen molar-refractivity contribution in [2.75, 3.05) is 5.32 Å². The van der Waals surface area contributed by atoms with Crippen molar-refractivity contribution in [1.82, 2.24) is 4.98 Å². The van der Waals surface area contributed by atoms with Crippen LogP contribution >= 0.6 is 22.6 Å². The molecule has 0 aliphatic heterocycles. The Bertz CT molecular complexity index is 440. The zero-order valence-corrected chi connectivity index (χ0v) is 10.5. The van der Waals surface area contributed by atoms with Crippen LogP contribution in [0.3, 0.4) is 0 Å². The van der Waals surface area contributed by atoms with Gasteiger partial charge in [-0.1, -0.05) is 0 Å². The molecule has 0 aliphatic rings. The van der Waals surface area contributed by atoms with E-state index < -0.39 is 0 Å². The van der Waals surface area contributed by atoms with Gasteiger partial charge in [0.15, 0.2) is 6.39 Å². The number of anilines is 1. The van der Waals surface area contributed by atoms with E-state index in [0.29, 0.717) is 6.54 Å². The van der Waals surface area contributed by atoms with Crippen LogP contribution in [0.2, 0.25) is 0 Å². The van der Waals surface area contributed by atoms with Gasteiger partial charge in [-0.05, 0) is 53.3 Å². The average Bonchev–Trinajstić information content (AvgIpc) is 2.69. The predicted molar refractivity (Wildman–Crippen MR) is 67.7 cm³/mol. The number of halogens is 1. The number of hydrogen-bond donors (Lipinski definition) is 1. The number of nitrogens with one attached hydrogen (secondary N) is 1. The summed E-state index contributed by atoms with van der Waals surface area (Å²) in [6.07, 6.45) is 3.16. The molecule has 15 heavy (non-hydrogen) atoms. The highest BCUT2D eigenvalue weighted by Gasteiger charge is 2.00. The van der Waals surface area contributed by atoms with Gasteiger partial charge in [0.25, 0.3) is 0 Å². The molecule has 78 valence electrons. The van der Waals surface area contributed by atoms with Crippen molar-refractivity contribution >= 4 is 28.3 Å². The Morgan fingerprint density at radius 1 is 1.47 bits per heavy atom. The molecule has 0 atom stereocenters. The molecule has 0 fully saturated rings. The van der Waals surface area contributed by atoms with Gasteiger partial charge in [-0.2, -0.15) is 0 Å². The quantitative estimate of drug-likeness (QED) is 0.884. The summed E-state index contributed by atoms with van der Waals surface area (Å²) in [5.74, 6) is 0.841. The van der Waals surface area contributed by atoms with Gasteiger partial charge in [0, 0.05) is 9.26 Å². The SMILES string of the molecule is Cc1cc(I)ccc1NCc1cnco1. The zero-order chi connectivity index (χ0) is 10.7. The lowest BCUT2D eigenvalue weighted by Crippen LogP contribution is -1.99. The number of benzene rings is 1. The van der Waals surface area contributed by atoms with Crippen molar-refractivity contribution in [3.63, 3.8) is 0 Å². The standard InChI is InChI=1S/C11H11IN2O/c1-8-4-9(12)2-3-11(8)14-6-10-5-13-7-15-10/h2-5,7,14H,6H2,1H3. The summed E-state index contributed by atoms with van der Waals surface area (Å²) < 4.78 is 6.39. The van der Waals surface area contributed by atoms with Crippen LogP contribution in [0, 0.1) is 10.5 Å². The van der Waals surface area contributed by atoms with E-state index in [-0.39, 0.29) is 0 Å². The molecule has 4 heteroatoms. The van der Waals surface area contributed by atoms with Crippen LogP contribution in [-0.4, -0.2) is 4.98 Å². The largest absolute Gasteiger partial charge is 0.447 e. The van der Waals surface area contributed by atoms with E-state index in [4.69, 9.17) is 4.42 Å². The number of nitrogens with zero attached hydrogens (tertiary/aromatic N) is 1. The highest BCUT2D eigenvalue weighted by atomic mass is 127. The minimum absolute atomic E-state index is 0.668. The maximum atomic E-state index is 5.14. The van der Waals surface area contributed by atoms with E-state index in [9.17, 15) is 0 Å². The predicted octanol–water partition coefficient (Wildman–Crippen LogP) is 3.20. The Morgan fingerprint density at radius 2 is 2.33 bits per heavy atom. The van der Waals surface area contributed by atoms with Crippen LogP contribution < -0.4 is 5.32 Å². The summed E-state index contributed by atoms with van der Waals surface area (Å²) in [4.78, 5) is 3.86. The van der Waals surface area contributed by atoms with Gasteiger partial charge in [0.2, 0.25) is 0 Å². The second-order valence-electron chi connectivity index (χ2n) is 3.28. The number of aryl methyl sites for hydroxylation is 1. The molecule has 2 rings (SSSR count). The Balaban J connectivity index is 2.05. The molecule has 0 spiro atoms. The maximum Gasteiger partial charge on any atom is 0.180 e. The first-order chi connectivity index (χ1) is 7.25. The van der Waals surface area contributed by atoms with Gasteiger partial charge in [-0.25, -0.2) is 4.98 Å². The normalized spacial score (nSPS) is 10.3. The Labute approximate surface area is 102 Å². The maximum absolute atomic E-state index is 5.14. The lowest BCUT2D eigenvalue weighted by Gasteiger charge is -2.07. The molecule has 0 bridgehead atoms. The molecule has 0 radical (unpaired) electrons. The van der Waals surface area contributed by atoms with E-state index in [0.717, 1.165) is 11.4 Å². The average molecular weight is 314 g/mol. The summed E-state index contributed by atoms with van der Waals surface area (Å²) in [5, 5.41) is 3.31. The molecule has 0 aliphatic carbocycles. The minimum Gasteiger partial charge on any atom is -0.447 e. The summed E-state index contributed by atoms with van der Waals surface area (Å²) in [7, 11) is 0. The number of oxazole rings is 1. The highest BCUT2D eigenvalue weighted by Crippen LogP contribution is 2.18. The van der Waals surface area contributed by atoms with Crippen LogP contribution in [0.15, 0.2) is 35.2 Å². The Kier molecular flexibility index (Phi) is 3.25. The molecule has 0 amide bonds. The number of aromatic nitrogens is 1. The first-order valence-electron chi connectivity index (χ1n) is 4.63. The molecule has 1 heterocycles. The summed E-state index contributed by atoms with van der Waals surface area (Å²) in [6, 6.07) is 6.30. The van der Waals surface area contributed by atoms with Crippen molar-refractivity contribution in [1.29, 1.82) is 0 Å². The van der Waals surface area contributed by atoms with Gasteiger partial charge < -0.3 is 9.73 Å². The monoisotopic (exact) mass is 314 g/mol. The number of rotatable bonds is 3. The van der Waals surface area contributed by atoms with Crippen molar-refractivity contribution in [3.8, 4) is 0 Å². The number of hydrogen-bond acceptors (Lipinski definition) is 3. The zero-order valence-electron chi connectivity index (χ0n) is 8.33. The summed E-state index contributed by atoms with van der Waals surface area (Å²) in [6.45, 7) is 2.76. The molecule has 1 aromatic carbocycles. The van der Waals surface area contributed by atoms with E-state index in [1.165, 1.54) is 15.5 Å². The van der Waals surface area contributed by atoms with Crippen molar-refractivity contribution in [2.45, 2.75) is 13.5 Å². The fourth-order valence-electron chi connectivity index (χ4n) is 1.34. The van der Waals surface area contributed by atoms with E-state index in [1.54, 1.807) is 6.20 Å². The molecule has 1 aromatic heterocycles.